The minimum atomic E-state index is -3.73. The van der Waals surface area contributed by atoms with Gasteiger partial charge >= 0.3 is 0 Å². The van der Waals surface area contributed by atoms with Gasteiger partial charge in [-0.1, -0.05) is 0 Å². The standard InChI is InChI=1S/C23H35N3O5S/c1-30-19-7-8-20(31-2)21(15-19)32(28,29)26-14-6-10-23(18-26)9-5-11-24(17-23)16-22(27)25-12-3-4-13-25/h7-8,15H,3-6,9-14,16-18H2,1-2H3. The van der Waals surface area contributed by atoms with Crippen molar-refractivity contribution < 1.29 is 22.7 Å². The Bertz CT molecular complexity index is 928. The molecule has 1 amide bonds. The van der Waals surface area contributed by atoms with Gasteiger partial charge in [-0.05, 0) is 62.6 Å². The number of likely N-dealkylation sites (tertiary alicyclic amines) is 2. The molecule has 3 aliphatic rings. The van der Waals surface area contributed by atoms with E-state index in [2.05, 4.69) is 4.90 Å². The highest BCUT2D eigenvalue weighted by Crippen LogP contribution is 2.41. The number of nitrogens with zero attached hydrogens (tertiary/aromatic N) is 3. The fraction of sp³-hybridized carbons (Fsp3) is 0.696. The second kappa shape index (κ2) is 9.57. The van der Waals surface area contributed by atoms with Crippen molar-refractivity contribution in [2.75, 3.05) is 60.0 Å². The molecule has 1 spiro atoms. The van der Waals surface area contributed by atoms with Gasteiger partial charge in [0.05, 0.1) is 20.8 Å². The zero-order valence-corrected chi connectivity index (χ0v) is 20.0. The van der Waals surface area contributed by atoms with Crippen LogP contribution < -0.4 is 9.47 Å². The van der Waals surface area contributed by atoms with Crippen LogP contribution in [0.3, 0.4) is 0 Å². The van der Waals surface area contributed by atoms with Crippen molar-refractivity contribution in [1.29, 1.82) is 0 Å². The van der Waals surface area contributed by atoms with Crippen LogP contribution in [0.2, 0.25) is 0 Å². The molecule has 178 valence electrons. The van der Waals surface area contributed by atoms with E-state index >= 15 is 0 Å². The number of carbonyl (C=O) groups is 1. The molecule has 1 unspecified atom stereocenters. The van der Waals surface area contributed by atoms with Crippen molar-refractivity contribution in [2.45, 2.75) is 43.4 Å². The predicted octanol–water partition coefficient (Wildman–Crippen LogP) is 2.19. The summed E-state index contributed by atoms with van der Waals surface area (Å²) in [6.45, 7) is 4.82. The summed E-state index contributed by atoms with van der Waals surface area (Å²) in [6, 6.07) is 4.88. The van der Waals surface area contributed by atoms with Gasteiger partial charge in [0.15, 0.2) is 0 Å². The molecule has 32 heavy (non-hydrogen) atoms. The largest absolute Gasteiger partial charge is 0.497 e. The number of methoxy groups -OCH3 is 2. The first kappa shape index (κ1) is 23.3. The second-order valence-corrected chi connectivity index (χ2v) is 11.3. The van der Waals surface area contributed by atoms with E-state index in [1.165, 1.54) is 20.3 Å². The van der Waals surface area contributed by atoms with E-state index in [-0.39, 0.29) is 16.2 Å². The van der Waals surface area contributed by atoms with Crippen LogP contribution in [0.5, 0.6) is 11.5 Å². The Kier molecular flexibility index (Phi) is 6.97. The van der Waals surface area contributed by atoms with Crippen LogP contribution in [0, 0.1) is 5.41 Å². The topological polar surface area (TPSA) is 79.4 Å². The molecule has 4 rings (SSSR count). The van der Waals surface area contributed by atoms with E-state index in [9.17, 15) is 13.2 Å². The Morgan fingerprint density at radius 2 is 1.69 bits per heavy atom. The molecule has 0 bridgehead atoms. The Balaban J connectivity index is 1.50. The minimum Gasteiger partial charge on any atom is -0.497 e. The third-order valence-corrected chi connectivity index (χ3v) is 9.04. The Hall–Kier alpha value is -1.84. The molecular formula is C23H35N3O5S. The number of ether oxygens (including phenoxy) is 2. The molecule has 9 heteroatoms. The summed E-state index contributed by atoms with van der Waals surface area (Å²) < 4.78 is 39.4. The highest BCUT2D eigenvalue weighted by atomic mass is 32.2. The molecule has 3 heterocycles. The summed E-state index contributed by atoms with van der Waals surface area (Å²) in [7, 11) is -0.729. The fourth-order valence-electron chi connectivity index (χ4n) is 5.53. The first-order chi connectivity index (χ1) is 15.4. The second-order valence-electron chi connectivity index (χ2n) is 9.36. The molecule has 0 N–H and O–H groups in total. The lowest BCUT2D eigenvalue weighted by molar-refractivity contribution is -0.132. The highest BCUT2D eigenvalue weighted by Gasteiger charge is 2.43. The van der Waals surface area contributed by atoms with Gasteiger partial charge in [0.1, 0.15) is 16.4 Å². The number of amides is 1. The maximum atomic E-state index is 13.6. The summed E-state index contributed by atoms with van der Waals surface area (Å²) in [5, 5.41) is 0. The van der Waals surface area contributed by atoms with Crippen LogP contribution in [0.4, 0.5) is 0 Å². The van der Waals surface area contributed by atoms with Crippen molar-refractivity contribution >= 4 is 15.9 Å². The minimum absolute atomic E-state index is 0.110. The quantitative estimate of drug-likeness (QED) is 0.641. The molecule has 1 aromatic carbocycles. The Labute approximate surface area is 191 Å². The lowest BCUT2D eigenvalue weighted by atomic mass is 9.74. The number of sulfonamides is 1. The van der Waals surface area contributed by atoms with Gasteiger partial charge in [0.25, 0.3) is 0 Å². The number of hydrogen-bond acceptors (Lipinski definition) is 6. The third-order valence-electron chi connectivity index (χ3n) is 7.17. The van der Waals surface area contributed by atoms with Gasteiger partial charge in [0, 0.05) is 38.8 Å². The summed E-state index contributed by atoms with van der Waals surface area (Å²) in [5.74, 6) is 1.02. The van der Waals surface area contributed by atoms with Gasteiger partial charge in [-0.2, -0.15) is 4.31 Å². The molecule has 0 aliphatic carbocycles. The normalized spacial score (nSPS) is 25.2. The molecule has 8 nitrogen and oxygen atoms in total. The van der Waals surface area contributed by atoms with Gasteiger partial charge in [-0.25, -0.2) is 8.42 Å². The number of carbonyl (C=O) groups excluding carboxylic acids is 1. The molecule has 0 radical (unpaired) electrons. The number of benzene rings is 1. The maximum Gasteiger partial charge on any atom is 0.246 e. The zero-order valence-electron chi connectivity index (χ0n) is 19.2. The lowest BCUT2D eigenvalue weighted by Crippen LogP contribution is -2.55. The van der Waals surface area contributed by atoms with Crippen molar-refractivity contribution in [2.24, 2.45) is 5.41 Å². The van der Waals surface area contributed by atoms with Crippen LogP contribution in [-0.2, 0) is 14.8 Å². The Morgan fingerprint density at radius 3 is 2.38 bits per heavy atom. The average Bonchev–Trinajstić information content (AvgIpc) is 3.34. The van der Waals surface area contributed by atoms with Crippen LogP contribution in [-0.4, -0.2) is 88.5 Å². The molecule has 3 aliphatic heterocycles. The monoisotopic (exact) mass is 465 g/mol. The van der Waals surface area contributed by atoms with Crippen LogP contribution in [0.25, 0.3) is 0 Å². The molecule has 0 saturated carbocycles. The third kappa shape index (κ3) is 4.75. The molecule has 3 fully saturated rings. The van der Waals surface area contributed by atoms with E-state index in [0.29, 0.717) is 31.1 Å². The van der Waals surface area contributed by atoms with Crippen molar-refractivity contribution in [3.8, 4) is 11.5 Å². The first-order valence-corrected chi connectivity index (χ1v) is 13.0. The van der Waals surface area contributed by atoms with Crippen LogP contribution in [0.1, 0.15) is 38.5 Å². The van der Waals surface area contributed by atoms with E-state index < -0.39 is 10.0 Å². The number of rotatable bonds is 6. The van der Waals surface area contributed by atoms with E-state index in [0.717, 1.165) is 64.7 Å². The van der Waals surface area contributed by atoms with Gasteiger partial charge in [-0.3, -0.25) is 9.69 Å². The number of hydrogen-bond donors (Lipinski definition) is 0. The first-order valence-electron chi connectivity index (χ1n) is 11.6. The molecule has 1 atom stereocenters. The number of piperidine rings is 2. The van der Waals surface area contributed by atoms with Gasteiger partial charge in [-0.15, -0.1) is 0 Å². The van der Waals surface area contributed by atoms with Crippen LogP contribution in [0.15, 0.2) is 23.1 Å². The molecule has 3 saturated heterocycles. The lowest BCUT2D eigenvalue weighted by Gasteiger charge is -2.48. The van der Waals surface area contributed by atoms with Crippen molar-refractivity contribution in [3.05, 3.63) is 18.2 Å². The van der Waals surface area contributed by atoms with Crippen molar-refractivity contribution in [3.63, 3.8) is 0 Å². The SMILES string of the molecule is COc1ccc(OC)c(S(=O)(=O)N2CCCC3(CCCN(CC(=O)N4CCCC4)C3)C2)c1. The zero-order chi connectivity index (χ0) is 22.8. The molecular weight excluding hydrogens is 430 g/mol. The smallest absolute Gasteiger partial charge is 0.246 e. The van der Waals surface area contributed by atoms with Gasteiger partial charge < -0.3 is 14.4 Å². The van der Waals surface area contributed by atoms with E-state index in [4.69, 9.17) is 9.47 Å². The van der Waals surface area contributed by atoms with E-state index in [1.807, 2.05) is 4.90 Å². The summed E-state index contributed by atoms with van der Waals surface area (Å²) >= 11 is 0. The summed E-state index contributed by atoms with van der Waals surface area (Å²) in [5.41, 5.74) is -0.110. The van der Waals surface area contributed by atoms with Crippen molar-refractivity contribution in [1.82, 2.24) is 14.1 Å². The predicted molar refractivity (Wildman–Crippen MR) is 121 cm³/mol. The Morgan fingerprint density at radius 1 is 0.969 bits per heavy atom. The van der Waals surface area contributed by atoms with Crippen LogP contribution >= 0.6 is 0 Å². The fourth-order valence-corrected chi connectivity index (χ4v) is 7.29. The average molecular weight is 466 g/mol. The summed E-state index contributed by atoms with van der Waals surface area (Å²) in [6.07, 6.45) is 5.97. The summed E-state index contributed by atoms with van der Waals surface area (Å²) in [4.78, 5) is 17.0. The molecule has 0 aromatic heterocycles. The van der Waals surface area contributed by atoms with E-state index in [1.54, 1.807) is 16.4 Å². The molecule has 1 aromatic rings. The highest BCUT2D eigenvalue weighted by molar-refractivity contribution is 7.89. The maximum absolute atomic E-state index is 13.6. The van der Waals surface area contributed by atoms with Gasteiger partial charge in [0.2, 0.25) is 15.9 Å².